The van der Waals surface area contributed by atoms with Gasteiger partial charge in [0.15, 0.2) is 12.2 Å². The number of aromatic nitrogens is 2. The van der Waals surface area contributed by atoms with Crippen molar-refractivity contribution in [1.82, 2.24) is 4.57 Å². The molecule has 384 valence electrons. The molecule has 2 rings (SSSR count). The molecule has 66 heavy (non-hydrogen) atoms. The van der Waals surface area contributed by atoms with E-state index < -0.39 is 54.5 Å². The molecule has 1 aromatic rings. The van der Waals surface area contributed by atoms with Crippen LogP contribution in [0.15, 0.2) is 18.7 Å². The first-order valence-corrected chi connectivity index (χ1v) is 21.8. The molecule has 23 nitrogen and oxygen atoms in total. The van der Waals surface area contributed by atoms with Gasteiger partial charge in [0.1, 0.15) is 31.6 Å². The van der Waals surface area contributed by atoms with E-state index in [2.05, 4.69) is 0 Å². The van der Waals surface area contributed by atoms with Crippen LogP contribution in [0.2, 0.25) is 0 Å². The lowest BCUT2D eigenvalue weighted by atomic mass is 9.97. The Morgan fingerprint density at radius 3 is 1.15 bits per heavy atom. The fraction of sp³-hybridized carbons (Fsp3) is 0.833. The Bertz CT molecular complexity index is 1380. The van der Waals surface area contributed by atoms with Crippen molar-refractivity contribution >= 4 is 23.9 Å². The van der Waals surface area contributed by atoms with Crippen LogP contribution in [0.3, 0.4) is 0 Å². The number of imidazole rings is 1. The summed E-state index contributed by atoms with van der Waals surface area (Å²) in [5, 5.41) is 0. The molecule has 0 unspecified atom stereocenters. The maximum Gasteiger partial charge on any atom is 0.303 e. The van der Waals surface area contributed by atoms with Gasteiger partial charge in [0.2, 0.25) is 18.7 Å². The highest BCUT2D eigenvalue weighted by Crippen LogP contribution is 2.34. The highest BCUT2D eigenvalue weighted by Gasteiger charge is 2.54. The lowest BCUT2D eigenvalue weighted by molar-refractivity contribution is -0.698. The Morgan fingerprint density at radius 1 is 0.470 bits per heavy atom. The molecule has 0 amide bonds. The number of hydrogen-bond acceptors (Lipinski definition) is 21. The highest BCUT2D eigenvalue weighted by molar-refractivity contribution is 5.68. The number of carbonyl (C=O) groups excluding carboxylic acids is 4. The predicted molar refractivity (Wildman–Crippen MR) is 223 cm³/mol. The van der Waals surface area contributed by atoms with Gasteiger partial charge in [0, 0.05) is 34.8 Å². The van der Waals surface area contributed by atoms with Crippen LogP contribution in [0.25, 0.3) is 0 Å². The first-order valence-electron chi connectivity index (χ1n) is 21.8. The molecule has 1 saturated heterocycles. The first kappa shape index (κ1) is 61.3. The van der Waals surface area contributed by atoms with E-state index in [1.54, 1.807) is 30.4 Å². The van der Waals surface area contributed by atoms with E-state index in [0.717, 1.165) is 0 Å². The molecule has 0 aromatic carbocycles. The number of esters is 4. The highest BCUT2D eigenvalue weighted by atomic mass is 127. The molecule has 5 atom stereocenters. The van der Waals surface area contributed by atoms with Gasteiger partial charge < -0.3 is 105 Å². The first-order chi connectivity index (χ1) is 31.6. The van der Waals surface area contributed by atoms with Gasteiger partial charge in [0.05, 0.1) is 152 Å². The van der Waals surface area contributed by atoms with Gasteiger partial charge in [-0.15, -0.1) is 0 Å². The van der Waals surface area contributed by atoms with E-state index >= 15 is 0 Å². The number of nitrogens with zero attached hydrogens (tertiary/aromatic N) is 2. The summed E-state index contributed by atoms with van der Waals surface area (Å²) >= 11 is 0. The third-order valence-electron chi connectivity index (χ3n) is 8.62. The van der Waals surface area contributed by atoms with Crippen LogP contribution in [-0.2, 0) is 106 Å². The minimum Gasteiger partial charge on any atom is -1.00 e. The van der Waals surface area contributed by atoms with E-state index in [4.69, 9.17) is 80.5 Å². The topological polar surface area (TPSA) is 234 Å². The summed E-state index contributed by atoms with van der Waals surface area (Å²) in [4.78, 5) is 47.9. The molecule has 0 spiro atoms. The molecule has 1 aliphatic rings. The minimum atomic E-state index is -1.27. The smallest absolute Gasteiger partial charge is 0.303 e. The van der Waals surface area contributed by atoms with Crippen molar-refractivity contribution in [1.29, 1.82) is 0 Å². The molecule has 1 fully saturated rings. The van der Waals surface area contributed by atoms with Crippen LogP contribution in [0.5, 0.6) is 0 Å². The maximum atomic E-state index is 12.1. The van der Waals surface area contributed by atoms with Crippen molar-refractivity contribution in [3.8, 4) is 0 Å². The molecule has 0 bridgehead atoms. The molecule has 0 aliphatic carbocycles. The van der Waals surface area contributed by atoms with Crippen molar-refractivity contribution in [2.75, 3.05) is 166 Å². The summed E-state index contributed by atoms with van der Waals surface area (Å²) in [5.74, 6) is -2.69. The Hall–Kier alpha value is -2.70. The molecule has 0 saturated carbocycles. The molecule has 24 heteroatoms. The van der Waals surface area contributed by atoms with Gasteiger partial charge in [-0.2, -0.15) is 0 Å². The van der Waals surface area contributed by atoms with E-state index in [1.165, 1.54) is 27.7 Å². The molecule has 0 N–H and O–H groups in total. The van der Waals surface area contributed by atoms with Crippen molar-refractivity contribution in [3.63, 3.8) is 0 Å². The summed E-state index contributed by atoms with van der Waals surface area (Å²) < 4.78 is 96.6. The average molecular weight is 1070 g/mol. The van der Waals surface area contributed by atoms with Gasteiger partial charge in [0.25, 0.3) is 0 Å². The lowest BCUT2D eigenvalue weighted by Crippen LogP contribution is -3.00. The zero-order valence-corrected chi connectivity index (χ0v) is 41.3. The Balaban J connectivity index is 0.0000218. The minimum absolute atomic E-state index is 0. The summed E-state index contributed by atoms with van der Waals surface area (Å²) in [6.45, 7) is 15.6. The molecule has 0 radical (unpaired) electrons. The standard InChI is InChI=1S/C42H73N2O21.HI/c1-34(45)61-32-38-39(62-35(2)46)40(63-36(3)47)41(64-37(4)48)42(65-38)44-7-6-43(33-44)8-9-50-12-13-52-16-17-54-20-21-56-24-25-58-28-29-60-31-30-59-27-26-57-23-22-55-19-18-53-15-14-51-11-10-49-5;/h6-7,33,38-42H,8-32H2,1-5H3;1H/q+1;/p-1/t38-,39-,40+,41-,42-;/m1./s1. The number of halogens is 1. The molecule has 2 heterocycles. The van der Waals surface area contributed by atoms with Gasteiger partial charge in [-0.1, -0.05) is 0 Å². The van der Waals surface area contributed by atoms with Crippen LogP contribution in [0, 0.1) is 0 Å². The number of rotatable bonds is 42. The number of ether oxygens (including phenoxy) is 17. The largest absolute Gasteiger partial charge is 1.00 e. The van der Waals surface area contributed by atoms with E-state index in [0.29, 0.717) is 159 Å². The molecule has 1 aliphatic heterocycles. The number of methoxy groups -OCH3 is 1. The van der Waals surface area contributed by atoms with Gasteiger partial charge >= 0.3 is 23.9 Å². The molecule has 1 aromatic heterocycles. The van der Waals surface area contributed by atoms with Crippen molar-refractivity contribution in [2.24, 2.45) is 0 Å². The number of hydrogen-bond donors (Lipinski definition) is 0. The van der Waals surface area contributed by atoms with Crippen LogP contribution < -0.4 is 28.5 Å². The second-order valence-corrected chi connectivity index (χ2v) is 13.9. The van der Waals surface area contributed by atoms with Gasteiger partial charge in [-0.3, -0.25) is 19.2 Å². The molecular weight excluding hydrogens is 995 g/mol. The summed E-state index contributed by atoms with van der Waals surface area (Å²) in [6, 6.07) is 0. The Morgan fingerprint density at radius 2 is 0.803 bits per heavy atom. The van der Waals surface area contributed by atoms with Crippen LogP contribution in [-0.4, -0.2) is 219 Å². The fourth-order valence-electron chi connectivity index (χ4n) is 5.75. The molecular formula is C42H73IN2O21. The normalized spacial score (nSPS) is 18.1. The summed E-state index contributed by atoms with van der Waals surface area (Å²) in [6.07, 6.45) is -0.712. The monoisotopic (exact) mass is 1070 g/mol. The van der Waals surface area contributed by atoms with E-state index in [-0.39, 0.29) is 30.6 Å². The van der Waals surface area contributed by atoms with Crippen LogP contribution >= 0.6 is 0 Å². The van der Waals surface area contributed by atoms with Crippen molar-refractivity contribution in [3.05, 3.63) is 18.7 Å². The SMILES string of the molecule is COCCOCCOCCOCCOCCOCCOCCOCCOCCOCCOCCOCC[n+]1ccn([C@@H]2O[C@H](COC(C)=O)[C@@H](OC(C)=O)[C@H](OC(C)=O)[C@H]2OC(C)=O)c1.[I-]. The Labute approximate surface area is 404 Å². The summed E-state index contributed by atoms with van der Waals surface area (Å²) in [7, 11) is 1.64. The predicted octanol–water partition coefficient (Wildman–Crippen LogP) is -3.14. The van der Waals surface area contributed by atoms with E-state index in [9.17, 15) is 19.2 Å². The third kappa shape index (κ3) is 31.4. The summed E-state index contributed by atoms with van der Waals surface area (Å²) in [5.41, 5.74) is 0. The third-order valence-corrected chi connectivity index (χ3v) is 8.62. The number of carbonyl (C=O) groups is 4. The lowest BCUT2D eigenvalue weighted by Gasteiger charge is -2.42. The fourth-order valence-corrected chi connectivity index (χ4v) is 5.75. The van der Waals surface area contributed by atoms with Crippen molar-refractivity contribution in [2.45, 2.75) is 64.9 Å². The zero-order chi connectivity index (χ0) is 47.2. The average Bonchev–Trinajstić information content (AvgIpc) is 3.74. The van der Waals surface area contributed by atoms with E-state index in [1.807, 2.05) is 4.57 Å². The van der Waals surface area contributed by atoms with Crippen LogP contribution in [0.4, 0.5) is 0 Å². The van der Waals surface area contributed by atoms with Crippen LogP contribution in [0.1, 0.15) is 33.9 Å². The second-order valence-electron chi connectivity index (χ2n) is 13.9. The second kappa shape index (κ2) is 41.3. The zero-order valence-electron chi connectivity index (χ0n) is 39.1. The van der Waals surface area contributed by atoms with Crippen molar-refractivity contribution < 1.29 is 128 Å². The Kier molecular flexibility index (Phi) is 38.4. The van der Waals surface area contributed by atoms with Gasteiger partial charge in [-0.05, 0) is 0 Å². The maximum absolute atomic E-state index is 12.1. The van der Waals surface area contributed by atoms with Gasteiger partial charge in [-0.25, -0.2) is 9.13 Å². The quantitative estimate of drug-likeness (QED) is 0.0207.